The van der Waals surface area contributed by atoms with E-state index in [-0.39, 0.29) is 5.91 Å². The highest BCUT2D eigenvalue weighted by Gasteiger charge is 2.29. The molecule has 2 rings (SSSR count). The highest BCUT2D eigenvalue weighted by molar-refractivity contribution is 7.86. The SMILES string of the molecule is CN(C)S(=O)(=O)N1CCC(CNC(=O)C=Cc2ccco2)CC1. The summed E-state index contributed by atoms with van der Waals surface area (Å²) in [7, 11) is -0.261. The molecule has 0 bridgehead atoms. The number of carbonyl (C=O) groups is 1. The van der Waals surface area contributed by atoms with E-state index in [1.165, 1.54) is 28.8 Å². The molecule has 0 spiro atoms. The summed E-state index contributed by atoms with van der Waals surface area (Å²) < 4.78 is 31.9. The fraction of sp³-hybridized carbons (Fsp3) is 0.533. The van der Waals surface area contributed by atoms with E-state index in [1.807, 2.05) is 0 Å². The number of piperidine rings is 1. The van der Waals surface area contributed by atoms with Crippen LogP contribution in [0.3, 0.4) is 0 Å². The van der Waals surface area contributed by atoms with E-state index in [0.29, 0.717) is 31.3 Å². The van der Waals surface area contributed by atoms with Gasteiger partial charge in [0.05, 0.1) is 6.26 Å². The van der Waals surface area contributed by atoms with Crippen molar-refractivity contribution in [3.8, 4) is 0 Å². The maximum Gasteiger partial charge on any atom is 0.281 e. The lowest BCUT2D eigenvalue weighted by Gasteiger charge is -2.32. The molecule has 1 fully saturated rings. The van der Waals surface area contributed by atoms with Gasteiger partial charge < -0.3 is 9.73 Å². The minimum Gasteiger partial charge on any atom is -0.465 e. The maximum absolute atomic E-state index is 12.0. The molecule has 1 aliphatic rings. The van der Waals surface area contributed by atoms with Crippen molar-refractivity contribution in [2.24, 2.45) is 5.92 Å². The second kappa shape index (κ2) is 7.76. The van der Waals surface area contributed by atoms with Gasteiger partial charge >= 0.3 is 0 Å². The van der Waals surface area contributed by atoms with Gasteiger partial charge in [-0.3, -0.25) is 4.79 Å². The second-order valence-electron chi connectivity index (χ2n) is 5.73. The summed E-state index contributed by atoms with van der Waals surface area (Å²) >= 11 is 0. The average Bonchev–Trinajstić information content (AvgIpc) is 3.04. The molecule has 2 heterocycles. The number of carbonyl (C=O) groups excluding carboxylic acids is 1. The van der Waals surface area contributed by atoms with Gasteiger partial charge in [0.15, 0.2) is 0 Å². The first-order valence-electron chi connectivity index (χ1n) is 7.56. The van der Waals surface area contributed by atoms with Crippen LogP contribution in [0.5, 0.6) is 0 Å². The number of nitrogens with zero attached hydrogens (tertiary/aromatic N) is 2. The molecule has 1 aliphatic heterocycles. The Morgan fingerprint density at radius 2 is 2.13 bits per heavy atom. The average molecular weight is 341 g/mol. The lowest BCUT2D eigenvalue weighted by atomic mass is 9.98. The Morgan fingerprint density at radius 1 is 1.43 bits per heavy atom. The molecule has 8 heteroatoms. The van der Waals surface area contributed by atoms with Crippen LogP contribution < -0.4 is 5.32 Å². The Morgan fingerprint density at radius 3 is 2.70 bits per heavy atom. The van der Waals surface area contributed by atoms with Gasteiger partial charge in [-0.15, -0.1) is 0 Å². The summed E-state index contributed by atoms with van der Waals surface area (Å²) in [6.45, 7) is 1.53. The van der Waals surface area contributed by atoms with Crippen LogP contribution in [0.25, 0.3) is 6.08 Å². The third kappa shape index (κ3) is 4.92. The Kier molecular flexibility index (Phi) is 5.97. The number of nitrogens with one attached hydrogen (secondary N) is 1. The van der Waals surface area contributed by atoms with Gasteiger partial charge in [-0.25, -0.2) is 0 Å². The highest BCUT2D eigenvalue weighted by atomic mass is 32.2. The molecule has 0 aromatic carbocycles. The topological polar surface area (TPSA) is 82.9 Å². The van der Waals surface area contributed by atoms with Crippen molar-refractivity contribution >= 4 is 22.2 Å². The van der Waals surface area contributed by atoms with Crippen LogP contribution in [0.15, 0.2) is 28.9 Å². The van der Waals surface area contributed by atoms with Gasteiger partial charge in [0.1, 0.15) is 5.76 Å². The van der Waals surface area contributed by atoms with Crippen LogP contribution in [0.4, 0.5) is 0 Å². The molecule has 1 N–H and O–H groups in total. The van der Waals surface area contributed by atoms with Crippen LogP contribution in [0.1, 0.15) is 18.6 Å². The minimum atomic E-state index is -3.33. The van der Waals surface area contributed by atoms with Gasteiger partial charge in [0, 0.05) is 39.8 Å². The summed E-state index contributed by atoms with van der Waals surface area (Å²) in [6.07, 6.45) is 6.09. The van der Waals surface area contributed by atoms with Crippen molar-refractivity contribution in [3.63, 3.8) is 0 Å². The molecule has 0 atom stereocenters. The van der Waals surface area contributed by atoms with Gasteiger partial charge in [0.2, 0.25) is 5.91 Å². The second-order valence-corrected chi connectivity index (χ2v) is 7.87. The Hall–Kier alpha value is -1.64. The van der Waals surface area contributed by atoms with Crippen molar-refractivity contribution in [2.45, 2.75) is 12.8 Å². The third-order valence-corrected chi connectivity index (χ3v) is 5.81. The number of furan rings is 1. The summed E-state index contributed by atoms with van der Waals surface area (Å²) in [5.41, 5.74) is 0. The predicted molar refractivity (Wildman–Crippen MR) is 87.7 cm³/mol. The first kappa shape index (κ1) is 17.7. The number of amides is 1. The number of hydrogen-bond donors (Lipinski definition) is 1. The van der Waals surface area contributed by atoms with Crippen molar-refractivity contribution in [3.05, 3.63) is 30.2 Å². The first-order chi connectivity index (χ1) is 10.9. The quantitative estimate of drug-likeness (QED) is 0.780. The molecule has 128 valence electrons. The monoisotopic (exact) mass is 341 g/mol. The van der Waals surface area contributed by atoms with E-state index < -0.39 is 10.2 Å². The van der Waals surface area contributed by atoms with Crippen molar-refractivity contribution in [1.29, 1.82) is 0 Å². The molecule has 0 radical (unpaired) electrons. The van der Waals surface area contributed by atoms with Gasteiger partial charge in [-0.2, -0.15) is 17.0 Å². The van der Waals surface area contributed by atoms with Crippen LogP contribution in [-0.4, -0.2) is 56.7 Å². The van der Waals surface area contributed by atoms with Crippen LogP contribution >= 0.6 is 0 Å². The summed E-state index contributed by atoms with van der Waals surface area (Å²) in [4.78, 5) is 11.7. The van der Waals surface area contributed by atoms with Crippen molar-refractivity contribution < 1.29 is 17.6 Å². The van der Waals surface area contributed by atoms with E-state index in [0.717, 1.165) is 12.8 Å². The summed E-state index contributed by atoms with van der Waals surface area (Å²) in [5, 5.41) is 2.85. The Labute approximate surface area is 137 Å². The lowest BCUT2D eigenvalue weighted by molar-refractivity contribution is -0.116. The smallest absolute Gasteiger partial charge is 0.281 e. The molecule has 1 amide bonds. The highest BCUT2D eigenvalue weighted by Crippen LogP contribution is 2.19. The molecule has 0 unspecified atom stereocenters. The van der Waals surface area contributed by atoms with Gasteiger partial charge in [0.25, 0.3) is 10.2 Å². The Bertz CT molecular complexity index is 630. The van der Waals surface area contributed by atoms with Crippen LogP contribution in [0.2, 0.25) is 0 Å². The molecule has 0 aliphatic carbocycles. The van der Waals surface area contributed by atoms with Crippen molar-refractivity contribution in [2.75, 3.05) is 33.7 Å². The van der Waals surface area contributed by atoms with E-state index in [2.05, 4.69) is 5.32 Å². The van der Waals surface area contributed by atoms with Crippen LogP contribution in [0, 0.1) is 5.92 Å². The van der Waals surface area contributed by atoms with E-state index in [1.54, 1.807) is 24.5 Å². The van der Waals surface area contributed by atoms with E-state index in [4.69, 9.17) is 4.42 Å². The van der Waals surface area contributed by atoms with Crippen molar-refractivity contribution in [1.82, 2.24) is 13.9 Å². The van der Waals surface area contributed by atoms with Gasteiger partial charge in [-0.05, 0) is 37.0 Å². The Balaban J connectivity index is 1.73. The molecule has 0 saturated carbocycles. The molecule has 1 aromatic rings. The van der Waals surface area contributed by atoms with Crippen LogP contribution in [-0.2, 0) is 15.0 Å². The fourth-order valence-electron chi connectivity index (χ4n) is 2.42. The largest absolute Gasteiger partial charge is 0.465 e. The molecule has 1 saturated heterocycles. The zero-order chi connectivity index (χ0) is 16.9. The third-order valence-electron chi connectivity index (χ3n) is 3.87. The number of hydrogen-bond acceptors (Lipinski definition) is 4. The predicted octanol–water partition coefficient (Wildman–Crippen LogP) is 0.927. The summed E-state index contributed by atoms with van der Waals surface area (Å²) in [6, 6.07) is 3.53. The molecule has 7 nitrogen and oxygen atoms in total. The normalized spacial score (nSPS) is 17.9. The summed E-state index contributed by atoms with van der Waals surface area (Å²) in [5.74, 6) is 0.747. The maximum atomic E-state index is 12.0. The zero-order valence-corrected chi connectivity index (χ0v) is 14.3. The molecule has 23 heavy (non-hydrogen) atoms. The van der Waals surface area contributed by atoms with E-state index >= 15 is 0 Å². The molecule has 1 aromatic heterocycles. The van der Waals surface area contributed by atoms with Gasteiger partial charge in [-0.1, -0.05) is 0 Å². The minimum absolute atomic E-state index is 0.176. The first-order valence-corrected chi connectivity index (χ1v) is 8.96. The standard InChI is InChI=1S/C15H23N3O4S/c1-17(2)23(20,21)18-9-7-13(8-10-18)12-16-15(19)6-5-14-4-3-11-22-14/h3-6,11,13H,7-10,12H2,1-2H3,(H,16,19). The number of rotatable bonds is 6. The van der Waals surface area contributed by atoms with E-state index in [9.17, 15) is 13.2 Å². The lowest BCUT2D eigenvalue weighted by Crippen LogP contribution is -2.45. The fourth-order valence-corrected chi connectivity index (χ4v) is 3.56. The zero-order valence-electron chi connectivity index (χ0n) is 13.4. The molecular formula is C15H23N3O4S. The molecular weight excluding hydrogens is 318 g/mol.